The van der Waals surface area contributed by atoms with Crippen LogP contribution in [0.15, 0.2) is 60.7 Å². The van der Waals surface area contributed by atoms with Crippen LogP contribution in [0.4, 0.5) is 5.69 Å². The predicted octanol–water partition coefficient (Wildman–Crippen LogP) is 3.80. The minimum atomic E-state index is -0.414. The second kappa shape index (κ2) is 7.30. The van der Waals surface area contributed by atoms with Gasteiger partial charge in [0.25, 0.3) is 0 Å². The third kappa shape index (κ3) is 3.69. The van der Waals surface area contributed by atoms with Gasteiger partial charge in [-0.25, -0.2) is 0 Å². The standard InChI is InChI=1S/C23H27N3OS/c1-22-14-25(13-18-9-5-3-6-10-18)15-23(2,20(22)27)17-26(16-22)21(28)24-19-11-7-4-8-12-19/h3-12H,13-17H2,1-2H3,(H,24,28)/t22-,23-/m0/s1. The average molecular weight is 394 g/mol. The predicted molar refractivity (Wildman–Crippen MR) is 117 cm³/mol. The lowest BCUT2D eigenvalue weighted by atomic mass is 9.64. The molecule has 2 bridgehead atoms. The molecule has 2 aromatic rings. The molecule has 2 aliphatic heterocycles. The lowest BCUT2D eigenvalue weighted by Gasteiger charge is -2.55. The maximum atomic E-state index is 13.3. The number of para-hydroxylation sites is 1. The number of rotatable bonds is 3. The third-order valence-corrected chi connectivity index (χ3v) is 6.24. The molecule has 2 atom stereocenters. The van der Waals surface area contributed by atoms with Gasteiger partial charge >= 0.3 is 0 Å². The highest BCUT2D eigenvalue weighted by Gasteiger charge is 2.56. The Bertz CT molecular complexity index is 848. The summed E-state index contributed by atoms with van der Waals surface area (Å²) >= 11 is 5.70. The minimum absolute atomic E-state index is 0.378. The van der Waals surface area contributed by atoms with Gasteiger partial charge in [-0.1, -0.05) is 48.5 Å². The first-order valence-electron chi connectivity index (χ1n) is 9.80. The van der Waals surface area contributed by atoms with Crippen molar-refractivity contribution in [2.45, 2.75) is 20.4 Å². The summed E-state index contributed by atoms with van der Waals surface area (Å²) in [4.78, 5) is 17.9. The lowest BCUT2D eigenvalue weighted by molar-refractivity contribution is -0.154. The fraction of sp³-hybridized carbons (Fsp3) is 0.391. The number of hydrogen-bond donors (Lipinski definition) is 1. The minimum Gasteiger partial charge on any atom is -0.347 e. The SMILES string of the molecule is C[C@]12CN(Cc3ccccc3)C[C@@](C)(CN(C(=S)Nc3ccccc3)C1)C2=O. The molecule has 0 spiro atoms. The summed E-state index contributed by atoms with van der Waals surface area (Å²) in [6.45, 7) is 7.92. The van der Waals surface area contributed by atoms with Crippen molar-refractivity contribution < 1.29 is 4.79 Å². The molecule has 2 aromatic carbocycles. The molecule has 2 saturated heterocycles. The topological polar surface area (TPSA) is 35.6 Å². The van der Waals surface area contributed by atoms with E-state index in [9.17, 15) is 4.79 Å². The largest absolute Gasteiger partial charge is 0.347 e. The highest BCUT2D eigenvalue weighted by molar-refractivity contribution is 7.80. The molecule has 0 aromatic heterocycles. The Labute approximate surface area is 172 Å². The number of piperidine rings is 2. The molecule has 4 nitrogen and oxygen atoms in total. The number of nitrogens with one attached hydrogen (secondary N) is 1. The van der Waals surface area contributed by atoms with Gasteiger partial charge < -0.3 is 10.2 Å². The Morgan fingerprint density at radius 2 is 1.46 bits per heavy atom. The van der Waals surface area contributed by atoms with Crippen molar-refractivity contribution in [2.75, 3.05) is 31.5 Å². The molecule has 2 aliphatic rings. The molecule has 5 heteroatoms. The van der Waals surface area contributed by atoms with E-state index in [1.54, 1.807) is 0 Å². The first-order valence-corrected chi connectivity index (χ1v) is 10.2. The van der Waals surface area contributed by atoms with Crippen LogP contribution in [-0.4, -0.2) is 46.9 Å². The van der Waals surface area contributed by atoms with E-state index in [1.807, 2.05) is 36.4 Å². The van der Waals surface area contributed by atoms with Gasteiger partial charge in [-0.2, -0.15) is 0 Å². The molecule has 0 radical (unpaired) electrons. The van der Waals surface area contributed by atoms with Gasteiger partial charge in [0.05, 0.1) is 10.8 Å². The number of carbonyl (C=O) groups excluding carboxylic acids is 1. The number of benzene rings is 2. The van der Waals surface area contributed by atoms with Crippen LogP contribution < -0.4 is 5.32 Å². The number of ketones is 1. The van der Waals surface area contributed by atoms with Crippen molar-refractivity contribution in [3.63, 3.8) is 0 Å². The van der Waals surface area contributed by atoms with E-state index >= 15 is 0 Å². The number of anilines is 1. The van der Waals surface area contributed by atoms with Crippen LogP contribution in [0.25, 0.3) is 0 Å². The normalized spacial score (nSPS) is 27.5. The van der Waals surface area contributed by atoms with Gasteiger partial charge in [0.1, 0.15) is 0 Å². The number of nitrogens with zero attached hydrogens (tertiary/aromatic N) is 2. The molecule has 1 N–H and O–H groups in total. The molecule has 0 saturated carbocycles. The number of Topliss-reactive ketones (excluding diaryl/α,β-unsaturated/α-hetero) is 1. The molecule has 146 valence electrons. The molecule has 2 heterocycles. The third-order valence-electron chi connectivity index (χ3n) is 5.88. The van der Waals surface area contributed by atoms with E-state index in [4.69, 9.17) is 12.2 Å². The molecule has 4 rings (SSSR count). The van der Waals surface area contributed by atoms with Crippen LogP contribution in [0.5, 0.6) is 0 Å². The average Bonchev–Trinajstić information content (AvgIpc) is 2.66. The van der Waals surface area contributed by atoms with E-state index in [0.717, 1.165) is 25.3 Å². The molecule has 28 heavy (non-hydrogen) atoms. The summed E-state index contributed by atoms with van der Waals surface area (Å²) in [7, 11) is 0. The van der Waals surface area contributed by atoms with Gasteiger partial charge in [-0.05, 0) is 43.8 Å². The number of thiocarbonyl (C=S) groups is 1. The smallest absolute Gasteiger partial charge is 0.173 e. The zero-order chi connectivity index (χ0) is 19.8. The fourth-order valence-corrected chi connectivity index (χ4v) is 5.13. The van der Waals surface area contributed by atoms with Gasteiger partial charge in [0.2, 0.25) is 0 Å². The van der Waals surface area contributed by atoms with Crippen LogP contribution in [0.2, 0.25) is 0 Å². The van der Waals surface area contributed by atoms with Crippen molar-refractivity contribution in [3.8, 4) is 0 Å². The zero-order valence-electron chi connectivity index (χ0n) is 16.5. The monoisotopic (exact) mass is 393 g/mol. The van der Waals surface area contributed by atoms with Gasteiger partial charge in [0.15, 0.2) is 10.9 Å². The molecule has 0 amide bonds. The summed E-state index contributed by atoms with van der Waals surface area (Å²) in [6, 6.07) is 20.5. The fourth-order valence-electron chi connectivity index (χ4n) is 4.88. The highest BCUT2D eigenvalue weighted by atomic mass is 32.1. The Morgan fingerprint density at radius 3 is 2.04 bits per heavy atom. The second-order valence-electron chi connectivity index (χ2n) is 8.73. The van der Waals surface area contributed by atoms with Crippen LogP contribution in [0, 0.1) is 10.8 Å². The number of likely N-dealkylation sites (tertiary alicyclic amines) is 2. The Kier molecular flexibility index (Phi) is 4.98. The quantitative estimate of drug-likeness (QED) is 0.803. The molecular formula is C23H27N3OS. The maximum Gasteiger partial charge on any atom is 0.173 e. The van der Waals surface area contributed by atoms with E-state index in [1.165, 1.54) is 5.56 Å². The van der Waals surface area contributed by atoms with Crippen molar-refractivity contribution in [3.05, 3.63) is 66.2 Å². The first kappa shape index (κ1) is 19.1. The summed E-state index contributed by atoms with van der Waals surface area (Å²) in [5.74, 6) is 0.378. The number of carbonyl (C=O) groups is 1. The summed E-state index contributed by atoms with van der Waals surface area (Å²) in [5.41, 5.74) is 1.45. The first-order chi connectivity index (χ1) is 13.4. The zero-order valence-corrected chi connectivity index (χ0v) is 17.3. The van der Waals surface area contributed by atoms with Crippen LogP contribution >= 0.6 is 12.2 Å². The summed E-state index contributed by atoms with van der Waals surface area (Å²) in [5, 5.41) is 4.04. The molecular weight excluding hydrogens is 366 g/mol. The van der Waals surface area contributed by atoms with Crippen molar-refractivity contribution in [1.82, 2.24) is 9.80 Å². The Hall–Kier alpha value is -2.24. The number of hydrogen-bond acceptors (Lipinski definition) is 3. The summed E-state index contributed by atoms with van der Waals surface area (Å²) in [6.07, 6.45) is 0. The van der Waals surface area contributed by atoms with Crippen molar-refractivity contribution >= 4 is 28.8 Å². The van der Waals surface area contributed by atoms with Gasteiger partial charge in [-0.15, -0.1) is 0 Å². The van der Waals surface area contributed by atoms with Crippen LogP contribution in [0.1, 0.15) is 19.4 Å². The lowest BCUT2D eigenvalue weighted by Crippen LogP contribution is -2.69. The molecule has 0 unspecified atom stereocenters. The highest BCUT2D eigenvalue weighted by Crippen LogP contribution is 2.42. The van der Waals surface area contributed by atoms with Crippen molar-refractivity contribution in [1.29, 1.82) is 0 Å². The van der Waals surface area contributed by atoms with Crippen molar-refractivity contribution in [2.24, 2.45) is 10.8 Å². The molecule has 0 aliphatic carbocycles. The van der Waals surface area contributed by atoms with E-state index in [0.29, 0.717) is 24.0 Å². The van der Waals surface area contributed by atoms with Crippen LogP contribution in [-0.2, 0) is 11.3 Å². The van der Waals surface area contributed by atoms with E-state index < -0.39 is 10.8 Å². The Balaban J connectivity index is 1.51. The van der Waals surface area contributed by atoms with Gasteiger partial charge in [-0.3, -0.25) is 9.69 Å². The number of fused-ring (bicyclic) bond motifs is 2. The van der Waals surface area contributed by atoms with Crippen LogP contribution in [0.3, 0.4) is 0 Å². The summed E-state index contributed by atoms with van der Waals surface area (Å²) < 4.78 is 0. The molecule has 2 fully saturated rings. The second-order valence-corrected chi connectivity index (χ2v) is 9.12. The van der Waals surface area contributed by atoms with Gasteiger partial charge in [0, 0.05) is 38.4 Å². The van der Waals surface area contributed by atoms with E-state index in [-0.39, 0.29) is 0 Å². The van der Waals surface area contributed by atoms with E-state index in [2.05, 4.69) is 53.2 Å². The Morgan fingerprint density at radius 1 is 0.929 bits per heavy atom. The maximum absolute atomic E-state index is 13.3.